The van der Waals surface area contributed by atoms with E-state index in [0.29, 0.717) is 11.8 Å². The molecule has 2 aromatic rings. The van der Waals surface area contributed by atoms with Crippen LogP contribution in [0.1, 0.15) is 43.0 Å². The SMILES string of the molecule is Cc1ccc(-c2cnc(C3CCC(/C=C/Cl)CC3)nc2)cc1. The molecule has 0 atom stereocenters. The van der Waals surface area contributed by atoms with E-state index in [-0.39, 0.29) is 0 Å². The summed E-state index contributed by atoms with van der Waals surface area (Å²) < 4.78 is 0. The van der Waals surface area contributed by atoms with Crippen LogP contribution >= 0.6 is 11.6 Å². The molecule has 1 aliphatic rings. The minimum atomic E-state index is 0.493. The largest absolute Gasteiger partial charge is 0.240 e. The van der Waals surface area contributed by atoms with Gasteiger partial charge >= 0.3 is 0 Å². The van der Waals surface area contributed by atoms with Crippen LogP contribution in [-0.2, 0) is 0 Å². The van der Waals surface area contributed by atoms with Gasteiger partial charge in [0.1, 0.15) is 5.82 Å². The lowest BCUT2D eigenvalue weighted by Crippen LogP contribution is -2.13. The van der Waals surface area contributed by atoms with Gasteiger partial charge in [-0.3, -0.25) is 0 Å². The number of hydrogen-bond donors (Lipinski definition) is 0. The number of allylic oxidation sites excluding steroid dienone is 1. The summed E-state index contributed by atoms with van der Waals surface area (Å²) >= 11 is 5.67. The summed E-state index contributed by atoms with van der Waals surface area (Å²) in [6.07, 6.45) is 10.7. The number of aryl methyl sites for hydroxylation is 1. The molecule has 0 spiro atoms. The number of nitrogens with zero attached hydrogens (tertiary/aromatic N) is 2. The molecule has 1 fully saturated rings. The second kappa shape index (κ2) is 7.06. The van der Waals surface area contributed by atoms with Crippen LogP contribution in [0.5, 0.6) is 0 Å². The summed E-state index contributed by atoms with van der Waals surface area (Å²) in [5.74, 6) is 2.11. The smallest absolute Gasteiger partial charge is 0.131 e. The molecule has 1 aromatic carbocycles. The molecule has 0 N–H and O–H groups in total. The molecule has 0 saturated heterocycles. The van der Waals surface area contributed by atoms with E-state index in [1.165, 1.54) is 24.0 Å². The molecule has 2 nitrogen and oxygen atoms in total. The van der Waals surface area contributed by atoms with Crippen LogP contribution in [0.15, 0.2) is 48.3 Å². The Morgan fingerprint density at radius 1 is 0.955 bits per heavy atom. The normalized spacial score (nSPS) is 22.1. The van der Waals surface area contributed by atoms with E-state index >= 15 is 0 Å². The Morgan fingerprint density at radius 2 is 1.59 bits per heavy atom. The summed E-state index contributed by atoms with van der Waals surface area (Å²) in [5.41, 5.74) is 5.18. The molecule has 0 aliphatic heterocycles. The lowest BCUT2D eigenvalue weighted by atomic mass is 9.81. The maximum atomic E-state index is 5.67. The van der Waals surface area contributed by atoms with Crippen molar-refractivity contribution in [3.05, 3.63) is 59.7 Å². The minimum absolute atomic E-state index is 0.493. The topological polar surface area (TPSA) is 25.8 Å². The molecule has 1 heterocycles. The molecule has 3 heteroatoms. The molecule has 0 unspecified atom stereocenters. The number of halogens is 1. The zero-order chi connectivity index (χ0) is 15.4. The summed E-state index contributed by atoms with van der Waals surface area (Å²) in [5, 5.41) is 0. The van der Waals surface area contributed by atoms with Crippen LogP contribution in [0, 0.1) is 12.8 Å². The maximum Gasteiger partial charge on any atom is 0.131 e. The van der Waals surface area contributed by atoms with Gasteiger partial charge in [-0.05, 0) is 44.1 Å². The molecular formula is C19H21ClN2. The second-order valence-electron chi connectivity index (χ2n) is 6.13. The molecule has 1 aromatic heterocycles. The van der Waals surface area contributed by atoms with Crippen molar-refractivity contribution < 1.29 is 0 Å². The van der Waals surface area contributed by atoms with Crippen molar-refractivity contribution in [3.8, 4) is 11.1 Å². The molecule has 0 amide bonds. The van der Waals surface area contributed by atoms with Crippen LogP contribution in [0.3, 0.4) is 0 Å². The van der Waals surface area contributed by atoms with Crippen molar-refractivity contribution >= 4 is 11.6 Å². The van der Waals surface area contributed by atoms with E-state index in [4.69, 9.17) is 11.6 Å². The molecule has 22 heavy (non-hydrogen) atoms. The zero-order valence-electron chi connectivity index (χ0n) is 12.9. The van der Waals surface area contributed by atoms with Crippen molar-refractivity contribution in [1.82, 2.24) is 9.97 Å². The molecule has 0 radical (unpaired) electrons. The minimum Gasteiger partial charge on any atom is -0.240 e. The van der Waals surface area contributed by atoms with Gasteiger partial charge in [-0.1, -0.05) is 47.5 Å². The fourth-order valence-electron chi connectivity index (χ4n) is 3.12. The Bertz CT molecular complexity index is 623. The van der Waals surface area contributed by atoms with Gasteiger partial charge in [0, 0.05) is 29.4 Å². The molecule has 0 bridgehead atoms. The standard InChI is InChI=1S/C19H21ClN2/c1-14-2-6-16(7-3-14)18-12-21-19(22-13-18)17-8-4-15(5-9-17)10-11-20/h2-3,6-7,10-13,15,17H,4-5,8-9H2,1H3/b11-10+. The van der Waals surface area contributed by atoms with E-state index in [1.807, 2.05) is 12.4 Å². The monoisotopic (exact) mass is 312 g/mol. The van der Waals surface area contributed by atoms with Crippen LogP contribution in [0.4, 0.5) is 0 Å². The van der Waals surface area contributed by atoms with Crippen LogP contribution in [0.25, 0.3) is 11.1 Å². The highest BCUT2D eigenvalue weighted by atomic mass is 35.5. The number of hydrogen-bond acceptors (Lipinski definition) is 2. The van der Waals surface area contributed by atoms with Gasteiger partial charge in [0.05, 0.1) is 0 Å². The van der Waals surface area contributed by atoms with E-state index < -0.39 is 0 Å². The van der Waals surface area contributed by atoms with Gasteiger partial charge in [0.2, 0.25) is 0 Å². The van der Waals surface area contributed by atoms with Gasteiger partial charge in [-0.2, -0.15) is 0 Å². The number of rotatable bonds is 3. The maximum absolute atomic E-state index is 5.67. The highest BCUT2D eigenvalue weighted by Crippen LogP contribution is 2.35. The Labute approximate surface area is 137 Å². The molecule has 114 valence electrons. The summed E-state index contributed by atoms with van der Waals surface area (Å²) in [7, 11) is 0. The first-order valence-corrected chi connectivity index (χ1v) is 8.36. The van der Waals surface area contributed by atoms with Gasteiger partial charge in [0.15, 0.2) is 0 Å². The highest BCUT2D eigenvalue weighted by Gasteiger charge is 2.22. The Balaban J connectivity index is 1.68. The number of benzene rings is 1. The van der Waals surface area contributed by atoms with Crippen molar-refractivity contribution in [2.45, 2.75) is 38.5 Å². The van der Waals surface area contributed by atoms with Crippen molar-refractivity contribution in [2.75, 3.05) is 0 Å². The first-order chi connectivity index (χ1) is 10.8. The van der Waals surface area contributed by atoms with Crippen LogP contribution in [0.2, 0.25) is 0 Å². The Kier molecular flexibility index (Phi) is 4.89. The van der Waals surface area contributed by atoms with Gasteiger partial charge in [-0.25, -0.2) is 9.97 Å². The molecule has 3 rings (SSSR count). The van der Waals surface area contributed by atoms with Gasteiger partial charge in [0.25, 0.3) is 0 Å². The summed E-state index contributed by atoms with van der Waals surface area (Å²) in [4.78, 5) is 9.23. The first-order valence-electron chi connectivity index (χ1n) is 7.92. The third-order valence-electron chi connectivity index (χ3n) is 4.54. The Morgan fingerprint density at radius 3 is 2.18 bits per heavy atom. The van der Waals surface area contributed by atoms with Crippen LogP contribution in [-0.4, -0.2) is 9.97 Å². The van der Waals surface area contributed by atoms with Crippen LogP contribution < -0.4 is 0 Å². The fraction of sp³-hybridized carbons (Fsp3) is 0.368. The lowest BCUT2D eigenvalue weighted by molar-refractivity contribution is 0.366. The quantitative estimate of drug-likeness (QED) is 0.750. The predicted octanol–water partition coefficient (Wildman–Crippen LogP) is 5.48. The third-order valence-corrected chi connectivity index (χ3v) is 4.68. The van der Waals surface area contributed by atoms with Gasteiger partial charge < -0.3 is 0 Å². The van der Waals surface area contributed by atoms with Crippen molar-refractivity contribution in [1.29, 1.82) is 0 Å². The van der Waals surface area contributed by atoms with E-state index in [0.717, 1.165) is 24.2 Å². The van der Waals surface area contributed by atoms with Crippen molar-refractivity contribution in [3.63, 3.8) is 0 Å². The van der Waals surface area contributed by atoms with Gasteiger partial charge in [-0.15, -0.1) is 0 Å². The lowest BCUT2D eigenvalue weighted by Gasteiger charge is -2.25. The number of aromatic nitrogens is 2. The average Bonchev–Trinajstić information content (AvgIpc) is 2.57. The zero-order valence-corrected chi connectivity index (χ0v) is 13.6. The average molecular weight is 313 g/mol. The predicted molar refractivity (Wildman–Crippen MR) is 91.9 cm³/mol. The van der Waals surface area contributed by atoms with E-state index in [9.17, 15) is 0 Å². The highest BCUT2D eigenvalue weighted by molar-refractivity contribution is 6.25. The molecule has 1 saturated carbocycles. The van der Waals surface area contributed by atoms with E-state index in [1.54, 1.807) is 5.54 Å². The molecular weight excluding hydrogens is 292 g/mol. The van der Waals surface area contributed by atoms with Crippen molar-refractivity contribution in [2.24, 2.45) is 5.92 Å². The van der Waals surface area contributed by atoms with E-state index in [2.05, 4.69) is 47.2 Å². The summed E-state index contributed by atoms with van der Waals surface area (Å²) in [6, 6.07) is 8.48. The summed E-state index contributed by atoms with van der Waals surface area (Å²) in [6.45, 7) is 2.10. The third kappa shape index (κ3) is 3.56. The first kappa shape index (κ1) is 15.2. The second-order valence-corrected chi connectivity index (χ2v) is 6.38. The fourth-order valence-corrected chi connectivity index (χ4v) is 3.32. The Hall–Kier alpha value is -1.67. The molecule has 1 aliphatic carbocycles.